The topological polar surface area (TPSA) is 70.2 Å². The average Bonchev–Trinajstić information content (AvgIpc) is 3.39. The smallest absolute Gasteiger partial charge is 0.196 e. The second kappa shape index (κ2) is 9.00. The lowest BCUT2D eigenvalue weighted by Gasteiger charge is -2.10. The Balaban J connectivity index is 1.59. The zero-order valence-corrected chi connectivity index (χ0v) is 17.6. The number of carbonyl (C=O) groups is 1. The number of ether oxygens (including phenoxy) is 1. The minimum absolute atomic E-state index is 0.0201. The van der Waals surface area contributed by atoms with E-state index in [0.29, 0.717) is 23.2 Å². The third-order valence-electron chi connectivity index (χ3n) is 4.57. The monoisotopic (exact) mass is 419 g/mol. The number of carbonyl (C=O) groups excluding carboxylic acids is 1. The number of hydrogen-bond acceptors (Lipinski definition) is 6. The highest BCUT2D eigenvalue weighted by Crippen LogP contribution is 2.30. The highest BCUT2D eigenvalue weighted by Gasteiger charge is 2.20. The van der Waals surface area contributed by atoms with Gasteiger partial charge >= 0.3 is 0 Å². The Labute approximate surface area is 178 Å². The standard InChI is InChI=1S/C23H21N3O3S/c1-3-28-19-11-9-17(10-12-19)21(27)15-30-23-25-24-22(20-13-14-29-16(20)2)26(23)18-7-5-4-6-8-18/h4-14H,3,15H2,1-2H3. The Kier molecular flexibility index (Phi) is 5.99. The molecular formula is C23H21N3O3S. The number of ketones is 1. The van der Waals surface area contributed by atoms with Gasteiger partial charge < -0.3 is 9.15 Å². The molecular weight excluding hydrogens is 398 g/mol. The second-order valence-corrected chi connectivity index (χ2v) is 7.48. The molecule has 0 bridgehead atoms. The van der Waals surface area contributed by atoms with E-state index in [4.69, 9.17) is 9.15 Å². The molecule has 0 aliphatic heterocycles. The van der Waals surface area contributed by atoms with Crippen molar-refractivity contribution in [1.82, 2.24) is 14.8 Å². The fourth-order valence-electron chi connectivity index (χ4n) is 3.08. The number of para-hydroxylation sites is 1. The van der Waals surface area contributed by atoms with Crippen LogP contribution in [0, 0.1) is 6.92 Å². The molecule has 0 radical (unpaired) electrons. The first-order chi connectivity index (χ1) is 14.7. The van der Waals surface area contributed by atoms with Crippen LogP contribution in [0.2, 0.25) is 0 Å². The number of nitrogens with zero attached hydrogens (tertiary/aromatic N) is 3. The summed E-state index contributed by atoms with van der Waals surface area (Å²) in [7, 11) is 0. The van der Waals surface area contributed by atoms with E-state index < -0.39 is 0 Å². The number of benzene rings is 2. The van der Waals surface area contributed by atoms with Crippen LogP contribution in [0.1, 0.15) is 23.0 Å². The summed E-state index contributed by atoms with van der Waals surface area (Å²) in [4.78, 5) is 12.7. The van der Waals surface area contributed by atoms with Crippen molar-refractivity contribution < 1.29 is 13.9 Å². The molecule has 7 heteroatoms. The van der Waals surface area contributed by atoms with Gasteiger partial charge in [0.15, 0.2) is 16.8 Å². The summed E-state index contributed by atoms with van der Waals surface area (Å²) in [6.45, 7) is 4.41. The van der Waals surface area contributed by atoms with Crippen LogP contribution in [0.4, 0.5) is 0 Å². The van der Waals surface area contributed by atoms with Crippen molar-refractivity contribution in [2.24, 2.45) is 0 Å². The van der Waals surface area contributed by atoms with Gasteiger partial charge in [-0.3, -0.25) is 9.36 Å². The molecule has 6 nitrogen and oxygen atoms in total. The molecule has 4 aromatic rings. The minimum atomic E-state index is 0.0201. The fraction of sp³-hybridized carbons (Fsp3) is 0.174. The lowest BCUT2D eigenvalue weighted by molar-refractivity contribution is 0.102. The van der Waals surface area contributed by atoms with E-state index in [9.17, 15) is 4.79 Å². The first kappa shape index (κ1) is 20.0. The Morgan fingerprint density at radius 3 is 2.50 bits per heavy atom. The Morgan fingerprint density at radius 2 is 1.83 bits per heavy atom. The second-order valence-electron chi connectivity index (χ2n) is 6.54. The summed E-state index contributed by atoms with van der Waals surface area (Å²) in [5, 5.41) is 9.39. The van der Waals surface area contributed by atoms with Crippen LogP contribution < -0.4 is 4.74 Å². The molecule has 0 atom stereocenters. The molecule has 0 unspecified atom stereocenters. The van der Waals surface area contributed by atoms with Crippen LogP contribution >= 0.6 is 11.8 Å². The van der Waals surface area contributed by atoms with E-state index in [1.54, 1.807) is 18.4 Å². The summed E-state index contributed by atoms with van der Waals surface area (Å²) < 4.78 is 12.8. The molecule has 30 heavy (non-hydrogen) atoms. The maximum absolute atomic E-state index is 12.7. The maximum Gasteiger partial charge on any atom is 0.196 e. The molecule has 2 aromatic carbocycles. The van der Waals surface area contributed by atoms with Crippen molar-refractivity contribution in [2.75, 3.05) is 12.4 Å². The van der Waals surface area contributed by atoms with Gasteiger partial charge in [0, 0.05) is 11.3 Å². The Morgan fingerprint density at radius 1 is 1.07 bits per heavy atom. The van der Waals surface area contributed by atoms with Crippen molar-refractivity contribution in [3.8, 4) is 22.8 Å². The van der Waals surface area contributed by atoms with Crippen molar-refractivity contribution in [3.63, 3.8) is 0 Å². The zero-order valence-electron chi connectivity index (χ0n) is 16.7. The van der Waals surface area contributed by atoms with E-state index in [-0.39, 0.29) is 11.5 Å². The Bertz CT molecular complexity index is 1130. The lowest BCUT2D eigenvalue weighted by atomic mass is 10.1. The number of aromatic nitrogens is 3. The predicted octanol–water partition coefficient (Wildman–Crippen LogP) is 5.21. The van der Waals surface area contributed by atoms with Gasteiger partial charge in [0.1, 0.15) is 11.5 Å². The summed E-state index contributed by atoms with van der Waals surface area (Å²) >= 11 is 1.36. The molecule has 4 rings (SSSR count). The summed E-state index contributed by atoms with van der Waals surface area (Å²) in [5.41, 5.74) is 2.44. The number of hydrogen-bond donors (Lipinski definition) is 0. The molecule has 0 aliphatic carbocycles. The maximum atomic E-state index is 12.7. The normalized spacial score (nSPS) is 10.9. The summed E-state index contributed by atoms with van der Waals surface area (Å²) in [5.74, 6) is 2.48. The molecule has 0 saturated carbocycles. The van der Waals surface area contributed by atoms with Crippen molar-refractivity contribution in [2.45, 2.75) is 19.0 Å². The lowest BCUT2D eigenvalue weighted by Crippen LogP contribution is -2.05. The number of aryl methyl sites for hydroxylation is 1. The first-order valence-corrected chi connectivity index (χ1v) is 10.6. The van der Waals surface area contributed by atoms with Crippen molar-refractivity contribution in [1.29, 1.82) is 0 Å². The van der Waals surface area contributed by atoms with E-state index >= 15 is 0 Å². The number of rotatable bonds is 8. The highest BCUT2D eigenvalue weighted by molar-refractivity contribution is 7.99. The van der Waals surface area contributed by atoms with Crippen LogP contribution in [0.15, 0.2) is 76.5 Å². The van der Waals surface area contributed by atoms with Gasteiger partial charge in [-0.1, -0.05) is 30.0 Å². The van der Waals surface area contributed by atoms with Gasteiger partial charge in [-0.15, -0.1) is 10.2 Å². The average molecular weight is 420 g/mol. The Hall–Kier alpha value is -3.32. The van der Waals surface area contributed by atoms with E-state index in [1.165, 1.54) is 11.8 Å². The van der Waals surface area contributed by atoms with Crippen molar-refractivity contribution >= 4 is 17.5 Å². The number of thioether (sulfide) groups is 1. The molecule has 0 spiro atoms. The van der Waals surface area contributed by atoms with Gasteiger partial charge in [-0.25, -0.2) is 0 Å². The molecule has 0 fully saturated rings. The van der Waals surface area contributed by atoms with Gasteiger partial charge in [0.2, 0.25) is 0 Å². The number of furan rings is 1. The molecule has 0 N–H and O–H groups in total. The first-order valence-electron chi connectivity index (χ1n) is 9.61. The molecule has 0 saturated heterocycles. The third kappa shape index (κ3) is 4.16. The van der Waals surface area contributed by atoms with Gasteiger partial charge in [0.05, 0.1) is 24.2 Å². The predicted molar refractivity (Wildman–Crippen MR) is 116 cm³/mol. The van der Waals surface area contributed by atoms with Crippen LogP contribution in [0.3, 0.4) is 0 Å². The van der Waals surface area contributed by atoms with Crippen molar-refractivity contribution in [3.05, 3.63) is 78.3 Å². The van der Waals surface area contributed by atoms with Crippen LogP contribution in [-0.2, 0) is 0 Å². The quantitative estimate of drug-likeness (QED) is 0.288. The number of Topliss-reactive ketones (excluding diaryl/α,β-unsaturated/α-hetero) is 1. The SMILES string of the molecule is CCOc1ccc(C(=O)CSc2nnc(-c3ccoc3C)n2-c2ccccc2)cc1. The van der Waals surface area contributed by atoms with E-state index in [1.807, 2.05) is 66.9 Å². The molecule has 0 amide bonds. The molecule has 2 aromatic heterocycles. The van der Waals surface area contributed by atoms with Gasteiger partial charge in [-0.2, -0.15) is 0 Å². The third-order valence-corrected chi connectivity index (χ3v) is 5.50. The van der Waals surface area contributed by atoms with E-state index in [0.717, 1.165) is 22.8 Å². The van der Waals surface area contributed by atoms with Gasteiger partial charge in [-0.05, 0) is 56.3 Å². The summed E-state index contributed by atoms with van der Waals surface area (Å²) in [6.07, 6.45) is 1.64. The largest absolute Gasteiger partial charge is 0.494 e. The molecule has 152 valence electrons. The zero-order chi connectivity index (χ0) is 20.9. The fourth-order valence-corrected chi connectivity index (χ4v) is 3.93. The van der Waals surface area contributed by atoms with Crippen LogP contribution in [0.5, 0.6) is 5.75 Å². The molecule has 2 heterocycles. The highest BCUT2D eigenvalue weighted by atomic mass is 32.2. The summed E-state index contributed by atoms with van der Waals surface area (Å²) in [6, 6.07) is 18.9. The van der Waals surface area contributed by atoms with Crippen LogP contribution in [0.25, 0.3) is 17.1 Å². The molecule has 0 aliphatic rings. The minimum Gasteiger partial charge on any atom is -0.494 e. The van der Waals surface area contributed by atoms with Crippen LogP contribution in [-0.4, -0.2) is 32.9 Å². The van der Waals surface area contributed by atoms with Gasteiger partial charge in [0.25, 0.3) is 0 Å². The van der Waals surface area contributed by atoms with E-state index in [2.05, 4.69) is 10.2 Å².